The lowest BCUT2D eigenvalue weighted by atomic mass is 9.92. The van der Waals surface area contributed by atoms with Crippen LogP contribution in [0.25, 0.3) is 21.7 Å². The van der Waals surface area contributed by atoms with E-state index in [1.807, 2.05) is 0 Å². The van der Waals surface area contributed by atoms with E-state index in [9.17, 15) is 0 Å². The lowest BCUT2D eigenvalue weighted by Crippen LogP contribution is -2.12. The summed E-state index contributed by atoms with van der Waals surface area (Å²) in [7, 11) is 0. The number of hydrogen-bond donors (Lipinski definition) is 1. The molecule has 1 aliphatic rings. The van der Waals surface area contributed by atoms with Crippen LogP contribution in [0.2, 0.25) is 0 Å². The monoisotopic (exact) mass is 411 g/mol. The third-order valence-electron chi connectivity index (χ3n) is 6.67. The molecule has 0 saturated carbocycles. The minimum Gasteiger partial charge on any atom is -0.384 e. The molecule has 0 atom stereocenters. The van der Waals surface area contributed by atoms with Crippen LogP contribution >= 0.6 is 0 Å². The molecular weight excluding hydrogens is 378 g/mol. The molecule has 31 heavy (non-hydrogen) atoms. The number of unbranched alkanes of at least 4 members (excludes halogenated alkanes) is 4. The Kier molecular flexibility index (Phi) is 6.20. The first-order valence-corrected chi connectivity index (χ1v) is 12.1. The molecule has 0 bridgehead atoms. The molecule has 0 unspecified atom stereocenters. The summed E-state index contributed by atoms with van der Waals surface area (Å²) < 4.78 is 2.35. The molecule has 0 saturated heterocycles. The lowest BCUT2D eigenvalue weighted by molar-refractivity contribution is 0.567. The number of anilines is 1. The average molecular weight is 412 g/mol. The second-order valence-electron chi connectivity index (χ2n) is 8.96. The Morgan fingerprint density at radius 1 is 0.774 bits per heavy atom. The third kappa shape index (κ3) is 4.61. The molecular formula is C28H33N3. The number of hydrogen-bond acceptors (Lipinski definition) is 2. The van der Waals surface area contributed by atoms with Gasteiger partial charge in [0.1, 0.15) is 0 Å². The van der Waals surface area contributed by atoms with Crippen LogP contribution in [-0.4, -0.2) is 16.1 Å². The van der Waals surface area contributed by atoms with Crippen molar-refractivity contribution in [2.24, 2.45) is 0 Å². The Hall–Kier alpha value is -2.81. The van der Waals surface area contributed by atoms with Crippen molar-refractivity contribution in [1.82, 2.24) is 9.55 Å². The van der Waals surface area contributed by atoms with Gasteiger partial charge in [0.05, 0.1) is 5.52 Å². The minimum absolute atomic E-state index is 1.06. The van der Waals surface area contributed by atoms with Gasteiger partial charge in [-0.25, -0.2) is 0 Å². The number of aromatic nitrogens is 2. The van der Waals surface area contributed by atoms with E-state index in [4.69, 9.17) is 4.98 Å². The standard InChI is InChI=1S/C28H33N3/c1(3-11-19-31-20-22-12-4-5-13-23(22)21-31)2-10-18-29-28-24-14-6-8-16-26(24)30-27-17-9-7-15-25(27)28/h4-6,8,12-14,16,20-21H,1-3,7,9-11,15,17-19H2,(H,29,30). The number of aryl methyl sites for hydroxylation is 2. The molecule has 3 heteroatoms. The first kappa shape index (κ1) is 20.1. The molecule has 0 fully saturated rings. The molecule has 4 aromatic rings. The Labute approximate surface area is 185 Å². The largest absolute Gasteiger partial charge is 0.384 e. The van der Waals surface area contributed by atoms with Crippen LogP contribution in [0.3, 0.4) is 0 Å². The molecule has 3 nitrogen and oxygen atoms in total. The molecule has 0 aliphatic heterocycles. The summed E-state index contributed by atoms with van der Waals surface area (Å²) in [6.07, 6.45) is 15.8. The number of nitrogens with zero attached hydrogens (tertiary/aromatic N) is 2. The summed E-state index contributed by atoms with van der Waals surface area (Å²) in [6, 6.07) is 17.2. The van der Waals surface area contributed by atoms with E-state index in [1.54, 1.807) is 0 Å². The quantitative estimate of drug-likeness (QED) is 0.297. The van der Waals surface area contributed by atoms with E-state index in [1.165, 1.54) is 84.5 Å². The fourth-order valence-corrected chi connectivity index (χ4v) is 5.01. The van der Waals surface area contributed by atoms with Gasteiger partial charge in [-0.05, 0) is 60.9 Å². The van der Waals surface area contributed by atoms with E-state index in [-0.39, 0.29) is 0 Å². The van der Waals surface area contributed by atoms with Crippen LogP contribution < -0.4 is 5.32 Å². The number of para-hydroxylation sites is 1. The highest BCUT2D eigenvalue weighted by Crippen LogP contribution is 2.33. The predicted octanol–water partition coefficient (Wildman–Crippen LogP) is 7.13. The van der Waals surface area contributed by atoms with E-state index < -0.39 is 0 Å². The van der Waals surface area contributed by atoms with Gasteiger partial charge in [-0.3, -0.25) is 4.98 Å². The number of pyridine rings is 1. The molecule has 0 radical (unpaired) electrons. The number of nitrogens with one attached hydrogen (secondary N) is 1. The second kappa shape index (κ2) is 9.55. The Bertz CT molecular complexity index is 1120. The number of benzene rings is 2. The summed E-state index contributed by atoms with van der Waals surface area (Å²) in [4.78, 5) is 4.95. The molecule has 0 spiro atoms. The topological polar surface area (TPSA) is 29.9 Å². The van der Waals surface area contributed by atoms with Gasteiger partial charge in [-0.15, -0.1) is 0 Å². The van der Waals surface area contributed by atoms with Crippen molar-refractivity contribution in [2.45, 2.75) is 64.3 Å². The van der Waals surface area contributed by atoms with Gasteiger partial charge in [0.25, 0.3) is 0 Å². The van der Waals surface area contributed by atoms with Crippen molar-refractivity contribution >= 4 is 27.4 Å². The average Bonchev–Trinajstić information content (AvgIpc) is 3.23. The fourth-order valence-electron chi connectivity index (χ4n) is 5.01. The highest BCUT2D eigenvalue weighted by Gasteiger charge is 2.17. The maximum Gasteiger partial charge on any atom is 0.0726 e. The fraction of sp³-hybridized carbons (Fsp3) is 0.393. The van der Waals surface area contributed by atoms with Crippen molar-refractivity contribution in [3.8, 4) is 0 Å². The molecule has 1 N–H and O–H groups in total. The summed E-state index contributed by atoms with van der Waals surface area (Å²) in [5.74, 6) is 0. The number of fused-ring (bicyclic) bond motifs is 3. The lowest BCUT2D eigenvalue weighted by Gasteiger charge is -2.21. The van der Waals surface area contributed by atoms with E-state index in [0.29, 0.717) is 0 Å². The van der Waals surface area contributed by atoms with Gasteiger partial charge < -0.3 is 9.88 Å². The normalized spacial score (nSPS) is 13.5. The van der Waals surface area contributed by atoms with Crippen LogP contribution in [0.1, 0.15) is 56.2 Å². The van der Waals surface area contributed by atoms with Gasteiger partial charge >= 0.3 is 0 Å². The number of rotatable bonds is 9. The zero-order chi connectivity index (χ0) is 20.9. The zero-order valence-corrected chi connectivity index (χ0v) is 18.4. The Morgan fingerprint density at radius 2 is 1.48 bits per heavy atom. The first-order valence-electron chi connectivity index (χ1n) is 12.1. The van der Waals surface area contributed by atoms with E-state index in [0.717, 1.165) is 25.0 Å². The Morgan fingerprint density at radius 3 is 2.35 bits per heavy atom. The van der Waals surface area contributed by atoms with E-state index >= 15 is 0 Å². The van der Waals surface area contributed by atoms with Crippen molar-refractivity contribution < 1.29 is 0 Å². The van der Waals surface area contributed by atoms with Crippen LogP contribution in [-0.2, 0) is 19.4 Å². The molecule has 160 valence electrons. The maximum atomic E-state index is 4.95. The molecule has 5 rings (SSSR count). The van der Waals surface area contributed by atoms with Gasteiger partial charge in [-0.2, -0.15) is 0 Å². The van der Waals surface area contributed by atoms with Crippen molar-refractivity contribution in [1.29, 1.82) is 0 Å². The molecule has 2 heterocycles. The highest BCUT2D eigenvalue weighted by molar-refractivity contribution is 5.93. The van der Waals surface area contributed by atoms with Gasteiger partial charge in [-0.1, -0.05) is 61.7 Å². The smallest absolute Gasteiger partial charge is 0.0726 e. The van der Waals surface area contributed by atoms with Crippen LogP contribution in [0.4, 0.5) is 5.69 Å². The first-order chi connectivity index (χ1) is 15.4. The molecule has 2 aromatic heterocycles. The van der Waals surface area contributed by atoms with Crippen LogP contribution in [0.5, 0.6) is 0 Å². The van der Waals surface area contributed by atoms with E-state index in [2.05, 4.69) is 70.8 Å². The molecule has 2 aromatic carbocycles. The Balaban J connectivity index is 1.08. The van der Waals surface area contributed by atoms with Crippen molar-refractivity contribution in [3.05, 3.63) is 72.2 Å². The van der Waals surface area contributed by atoms with Crippen LogP contribution in [0.15, 0.2) is 60.9 Å². The maximum absolute atomic E-state index is 4.95. The predicted molar refractivity (Wildman–Crippen MR) is 132 cm³/mol. The van der Waals surface area contributed by atoms with Crippen molar-refractivity contribution in [3.63, 3.8) is 0 Å². The second-order valence-corrected chi connectivity index (χ2v) is 8.96. The molecule has 1 aliphatic carbocycles. The zero-order valence-electron chi connectivity index (χ0n) is 18.4. The SMILES string of the molecule is c1ccc2cn(CCCCCCCNc3c4c(nc5ccccc35)CCCC4)cc2c1. The third-order valence-corrected chi connectivity index (χ3v) is 6.67. The minimum atomic E-state index is 1.06. The van der Waals surface area contributed by atoms with Gasteiger partial charge in [0, 0.05) is 42.3 Å². The van der Waals surface area contributed by atoms with Crippen molar-refractivity contribution in [2.75, 3.05) is 11.9 Å². The van der Waals surface area contributed by atoms with Gasteiger partial charge in [0.15, 0.2) is 0 Å². The molecule has 0 amide bonds. The summed E-state index contributed by atoms with van der Waals surface area (Å²) in [6.45, 7) is 2.19. The summed E-state index contributed by atoms with van der Waals surface area (Å²) in [5, 5.41) is 7.79. The summed E-state index contributed by atoms with van der Waals surface area (Å²) >= 11 is 0. The van der Waals surface area contributed by atoms with Gasteiger partial charge in [0.2, 0.25) is 0 Å². The highest BCUT2D eigenvalue weighted by atomic mass is 14.9. The summed E-state index contributed by atoms with van der Waals surface area (Å²) in [5.41, 5.74) is 5.30. The van der Waals surface area contributed by atoms with Crippen LogP contribution in [0, 0.1) is 0 Å².